The van der Waals surface area contributed by atoms with Gasteiger partial charge in [-0.1, -0.05) is 19.9 Å². The average Bonchev–Trinajstić information content (AvgIpc) is 2.29. The molecule has 0 aliphatic heterocycles. The van der Waals surface area contributed by atoms with Crippen molar-refractivity contribution in [1.82, 2.24) is 5.43 Å². The molecule has 1 atom stereocenters. The number of rotatable bonds is 7. The predicted molar refractivity (Wildman–Crippen MR) is 72.3 cm³/mol. The Morgan fingerprint density at radius 2 is 2.12 bits per heavy atom. The number of benzene rings is 1. The van der Waals surface area contributed by atoms with Gasteiger partial charge in [-0.15, -0.1) is 11.8 Å². The maximum Gasteiger partial charge on any atom is 0.124 e. The van der Waals surface area contributed by atoms with Crippen LogP contribution in [0.3, 0.4) is 0 Å². The topological polar surface area (TPSA) is 38.0 Å². The van der Waals surface area contributed by atoms with E-state index >= 15 is 0 Å². The summed E-state index contributed by atoms with van der Waals surface area (Å²) < 4.78 is 13.0. The van der Waals surface area contributed by atoms with Gasteiger partial charge in [-0.05, 0) is 37.0 Å². The van der Waals surface area contributed by atoms with Crippen molar-refractivity contribution in [3.8, 4) is 0 Å². The molecule has 2 nitrogen and oxygen atoms in total. The molecule has 0 bridgehead atoms. The van der Waals surface area contributed by atoms with Gasteiger partial charge in [0.15, 0.2) is 0 Å². The van der Waals surface area contributed by atoms with Gasteiger partial charge < -0.3 is 0 Å². The van der Waals surface area contributed by atoms with Crippen molar-refractivity contribution in [2.45, 2.75) is 37.6 Å². The highest BCUT2D eigenvalue weighted by Crippen LogP contribution is 2.21. The highest BCUT2D eigenvalue weighted by molar-refractivity contribution is 7.99. The van der Waals surface area contributed by atoms with E-state index < -0.39 is 0 Å². The van der Waals surface area contributed by atoms with E-state index in [0.29, 0.717) is 5.92 Å². The summed E-state index contributed by atoms with van der Waals surface area (Å²) in [7, 11) is 0. The summed E-state index contributed by atoms with van der Waals surface area (Å²) in [6, 6.07) is 6.95. The summed E-state index contributed by atoms with van der Waals surface area (Å²) in [6.45, 7) is 4.40. The Kier molecular flexibility index (Phi) is 6.55. The molecule has 0 saturated carbocycles. The number of hydrogen-bond donors (Lipinski definition) is 2. The van der Waals surface area contributed by atoms with E-state index in [1.165, 1.54) is 6.07 Å². The van der Waals surface area contributed by atoms with Crippen LogP contribution in [0.1, 0.15) is 26.7 Å². The fraction of sp³-hybridized carbons (Fsp3) is 0.538. The fourth-order valence-corrected chi connectivity index (χ4v) is 2.53. The Bertz CT molecular complexity index is 331. The molecule has 0 amide bonds. The molecule has 1 aromatic rings. The molecule has 0 aliphatic rings. The summed E-state index contributed by atoms with van der Waals surface area (Å²) in [5.41, 5.74) is 2.83. The van der Waals surface area contributed by atoms with Crippen molar-refractivity contribution in [2.24, 2.45) is 11.8 Å². The number of nitrogens with one attached hydrogen (secondary N) is 1. The second-order valence-electron chi connectivity index (χ2n) is 4.60. The molecule has 0 heterocycles. The minimum atomic E-state index is -0.186. The monoisotopic (exact) mass is 256 g/mol. The smallest absolute Gasteiger partial charge is 0.124 e. The zero-order valence-corrected chi connectivity index (χ0v) is 11.3. The van der Waals surface area contributed by atoms with Crippen LogP contribution in [0.4, 0.5) is 4.39 Å². The van der Waals surface area contributed by atoms with Crippen LogP contribution in [0, 0.1) is 11.7 Å². The summed E-state index contributed by atoms with van der Waals surface area (Å²) >= 11 is 1.64. The molecule has 1 aromatic carbocycles. The fourth-order valence-electron chi connectivity index (χ4n) is 1.50. The van der Waals surface area contributed by atoms with Gasteiger partial charge in [-0.25, -0.2) is 4.39 Å². The van der Waals surface area contributed by atoms with E-state index in [1.54, 1.807) is 23.9 Å². The van der Waals surface area contributed by atoms with Gasteiger partial charge in [0.2, 0.25) is 0 Å². The first kappa shape index (κ1) is 14.5. The minimum absolute atomic E-state index is 0.186. The maximum absolute atomic E-state index is 13.0. The van der Waals surface area contributed by atoms with Crippen LogP contribution in [0.5, 0.6) is 0 Å². The zero-order chi connectivity index (χ0) is 12.7. The first-order valence-electron chi connectivity index (χ1n) is 5.96. The zero-order valence-electron chi connectivity index (χ0n) is 10.4. The third-order valence-electron chi connectivity index (χ3n) is 2.58. The molecule has 0 aromatic heterocycles. The number of hydrazine groups is 1. The van der Waals surface area contributed by atoms with E-state index in [9.17, 15) is 4.39 Å². The minimum Gasteiger partial charge on any atom is -0.271 e. The lowest BCUT2D eigenvalue weighted by atomic mass is 10.0. The molecule has 0 fully saturated rings. The molecular formula is C13H21FN2S. The van der Waals surface area contributed by atoms with Crippen LogP contribution in [0.25, 0.3) is 0 Å². The third kappa shape index (κ3) is 6.05. The normalized spacial score (nSPS) is 13.0. The maximum atomic E-state index is 13.0. The van der Waals surface area contributed by atoms with Gasteiger partial charge in [0.05, 0.1) is 0 Å². The van der Waals surface area contributed by atoms with Crippen LogP contribution < -0.4 is 11.3 Å². The van der Waals surface area contributed by atoms with Gasteiger partial charge in [0.25, 0.3) is 0 Å². The molecule has 0 aliphatic carbocycles. The first-order chi connectivity index (χ1) is 8.11. The SMILES string of the molecule is CC(C)CCC(CSc1cccc(F)c1)NN. The van der Waals surface area contributed by atoms with E-state index in [-0.39, 0.29) is 11.9 Å². The molecule has 3 N–H and O–H groups in total. The standard InChI is InChI=1S/C13H21FN2S/c1-10(2)6-7-12(16-15)9-17-13-5-3-4-11(14)8-13/h3-5,8,10,12,16H,6-7,9,15H2,1-2H3. The number of thioether (sulfide) groups is 1. The summed E-state index contributed by atoms with van der Waals surface area (Å²) in [4.78, 5) is 0.954. The van der Waals surface area contributed by atoms with Crippen molar-refractivity contribution in [3.05, 3.63) is 30.1 Å². The summed E-state index contributed by atoms with van der Waals surface area (Å²) in [5, 5.41) is 0. The Morgan fingerprint density at radius 1 is 1.35 bits per heavy atom. The van der Waals surface area contributed by atoms with Crippen LogP contribution in [-0.2, 0) is 0 Å². The molecule has 1 rings (SSSR count). The summed E-state index contributed by atoms with van der Waals surface area (Å²) in [5.74, 6) is 6.88. The van der Waals surface area contributed by atoms with E-state index in [4.69, 9.17) is 5.84 Å². The second-order valence-corrected chi connectivity index (χ2v) is 5.70. The highest BCUT2D eigenvalue weighted by Gasteiger charge is 2.08. The molecule has 1 unspecified atom stereocenters. The Hall–Kier alpha value is -0.580. The predicted octanol–water partition coefficient (Wildman–Crippen LogP) is 3.19. The van der Waals surface area contributed by atoms with Gasteiger partial charge >= 0.3 is 0 Å². The molecule has 96 valence electrons. The van der Waals surface area contributed by atoms with Crippen molar-refractivity contribution >= 4 is 11.8 Å². The van der Waals surface area contributed by atoms with Crippen molar-refractivity contribution in [1.29, 1.82) is 0 Å². The second kappa shape index (κ2) is 7.69. The molecule has 0 saturated heterocycles. The van der Waals surface area contributed by atoms with Crippen molar-refractivity contribution < 1.29 is 4.39 Å². The third-order valence-corrected chi connectivity index (χ3v) is 3.73. The Balaban J connectivity index is 2.37. The number of nitrogens with two attached hydrogens (primary N) is 1. The number of halogens is 1. The van der Waals surface area contributed by atoms with E-state index in [0.717, 1.165) is 23.5 Å². The quantitative estimate of drug-likeness (QED) is 0.447. The van der Waals surface area contributed by atoms with Crippen molar-refractivity contribution in [3.63, 3.8) is 0 Å². The first-order valence-corrected chi connectivity index (χ1v) is 6.95. The molecular weight excluding hydrogens is 235 g/mol. The summed E-state index contributed by atoms with van der Waals surface area (Å²) in [6.07, 6.45) is 2.20. The van der Waals surface area contributed by atoms with Gasteiger partial charge in [-0.3, -0.25) is 11.3 Å². The number of hydrogen-bond acceptors (Lipinski definition) is 3. The molecule has 0 spiro atoms. The van der Waals surface area contributed by atoms with E-state index in [2.05, 4.69) is 19.3 Å². The lowest BCUT2D eigenvalue weighted by molar-refractivity contribution is 0.464. The van der Waals surface area contributed by atoms with Crippen LogP contribution >= 0.6 is 11.8 Å². The van der Waals surface area contributed by atoms with Gasteiger partial charge in [0.1, 0.15) is 5.82 Å². The highest BCUT2D eigenvalue weighted by atomic mass is 32.2. The molecule has 0 radical (unpaired) electrons. The van der Waals surface area contributed by atoms with Crippen LogP contribution in [-0.4, -0.2) is 11.8 Å². The average molecular weight is 256 g/mol. The lowest BCUT2D eigenvalue weighted by Gasteiger charge is -2.16. The molecule has 17 heavy (non-hydrogen) atoms. The largest absolute Gasteiger partial charge is 0.271 e. The lowest BCUT2D eigenvalue weighted by Crippen LogP contribution is -2.37. The van der Waals surface area contributed by atoms with Crippen molar-refractivity contribution in [2.75, 3.05) is 5.75 Å². The van der Waals surface area contributed by atoms with Gasteiger partial charge in [-0.2, -0.15) is 0 Å². The van der Waals surface area contributed by atoms with E-state index in [1.807, 2.05) is 6.07 Å². The Morgan fingerprint density at radius 3 is 2.71 bits per heavy atom. The molecule has 4 heteroatoms. The van der Waals surface area contributed by atoms with Crippen LogP contribution in [0.15, 0.2) is 29.2 Å². The van der Waals surface area contributed by atoms with Crippen LogP contribution in [0.2, 0.25) is 0 Å². The van der Waals surface area contributed by atoms with Gasteiger partial charge in [0, 0.05) is 16.7 Å². The Labute approximate surface area is 107 Å².